The molecular formula is C14H25N3O3. The highest BCUT2D eigenvalue weighted by Crippen LogP contribution is 2.30. The van der Waals surface area contributed by atoms with Crippen molar-refractivity contribution in [2.24, 2.45) is 5.41 Å². The molecule has 114 valence electrons. The van der Waals surface area contributed by atoms with E-state index in [-0.39, 0.29) is 12.1 Å². The number of rotatable bonds is 1. The summed E-state index contributed by atoms with van der Waals surface area (Å²) in [5.41, 5.74) is -0.802. The molecule has 2 atom stereocenters. The first-order valence-corrected chi connectivity index (χ1v) is 7.31. The number of hydrogen-bond acceptors (Lipinski definition) is 3. The molecule has 0 aromatic heterocycles. The Bertz CT molecular complexity index is 401. The van der Waals surface area contributed by atoms with Crippen LogP contribution in [0.5, 0.6) is 0 Å². The number of carboxylic acid groups (broad SMARTS) is 1. The first-order chi connectivity index (χ1) is 9.33. The second-order valence-corrected chi connectivity index (χ2v) is 6.48. The fraction of sp³-hybridized carbons (Fsp3) is 0.857. The van der Waals surface area contributed by atoms with Crippen molar-refractivity contribution in [3.8, 4) is 0 Å². The number of amides is 2. The van der Waals surface area contributed by atoms with Gasteiger partial charge >= 0.3 is 12.0 Å². The highest BCUT2D eigenvalue weighted by atomic mass is 16.4. The Balaban J connectivity index is 2.04. The predicted molar refractivity (Wildman–Crippen MR) is 75.6 cm³/mol. The summed E-state index contributed by atoms with van der Waals surface area (Å²) in [4.78, 5) is 29.8. The minimum Gasteiger partial charge on any atom is -0.481 e. The zero-order valence-corrected chi connectivity index (χ0v) is 12.6. The average molecular weight is 283 g/mol. The van der Waals surface area contributed by atoms with Gasteiger partial charge < -0.3 is 19.8 Å². The fourth-order valence-corrected chi connectivity index (χ4v) is 3.18. The van der Waals surface area contributed by atoms with Gasteiger partial charge in [0, 0.05) is 38.8 Å². The monoisotopic (exact) mass is 283 g/mol. The summed E-state index contributed by atoms with van der Waals surface area (Å²) in [5.74, 6) is -0.804. The van der Waals surface area contributed by atoms with Gasteiger partial charge in [0.25, 0.3) is 0 Å². The lowest BCUT2D eigenvalue weighted by Gasteiger charge is -2.44. The van der Waals surface area contributed by atoms with Crippen molar-refractivity contribution in [3.63, 3.8) is 0 Å². The van der Waals surface area contributed by atoms with Gasteiger partial charge in [-0.1, -0.05) is 0 Å². The van der Waals surface area contributed by atoms with E-state index in [0.29, 0.717) is 19.5 Å². The van der Waals surface area contributed by atoms with E-state index in [1.165, 1.54) is 0 Å². The van der Waals surface area contributed by atoms with Crippen molar-refractivity contribution in [3.05, 3.63) is 0 Å². The molecule has 0 bridgehead atoms. The molecule has 2 aliphatic heterocycles. The fourth-order valence-electron chi connectivity index (χ4n) is 3.18. The summed E-state index contributed by atoms with van der Waals surface area (Å²) >= 11 is 0. The standard InChI is InChI=1S/C14H25N3O3/c1-11-9-15(3)7-8-17(11)13(20)16-6-4-5-14(2,10-16)12(18)19/h11H,4-10H2,1-3H3,(H,18,19). The Kier molecular flexibility index (Phi) is 4.22. The number of nitrogens with zero attached hydrogens (tertiary/aromatic N) is 3. The van der Waals surface area contributed by atoms with E-state index in [2.05, 4.69) is 11.9 Å². The zero-order chi connectivity index (χ0) is 14.9. The number of urea groups is 1. The zero-order valence-electron chi connectivity index (χ0n) is 12.6. The number of carbonyl (C=O) groups excluding carboxylic acids is 1. The summed E-state index contributed by atoms with van der Waals surface area (Å²) in [6.07, 6.45) is 1.40. The van der Waals surface area contributed by atoms with Gasteiger partial charge in [0.15, 0.2) is 0 Å². The van der Waals surface area contributed by atoms with Gasteiger partial charge in [-0.3, -0.25) is 4.79 Å². The SMILES string of the molecule is CC1CN(C)CCN1C(=O)N1CCCC(C)(C(=O)O)C1. The maximum absolute atomic E-state index is 12.6. The molecule has 0 aliphatic carbocycles. The quantitative estimate of drug-likeness (QED) is 0.777. The molecule has 2 rings (SSSR count). The molecule has 2 amide bonds. The van der Waals surface area contributed by atoms with Crippen LogP contribution in [-0.2, 0) is 4.79 Å². The number of carbonyl (C=O) groups is 2. The molecule has 0 spiro atoms. The van der Waals surface area contributed by atoms with Crippen molar-refractivity contribution in [2.75, 3.05) is 39.8 Å². The molecule has 2 fully saturated rings. The Morgan fingerprint density at radius 2 is 1.95 bits per heavy atom. The van der Waals surface area contributed by atoms with Crippen molar-refractivity contribution in [1.82, 2.24) is 14.7 Å². The van der Waals surface area contributed by atoms with E-state index in [1.54, 1.807) is 11.8 Å². The summed E-state index contributed by atoms with van der Waals surface area (Å²) in [7, 11) is 2.06. The van der Waals surface area contributed by atoms with Crippen LogP contribution in [0.1, 0.15) is 26.7 Å². The number of likely N-dealkylation sites (N-methyl/N-ethyl adjacent to an activating group) is 1. The largest absolute Gasteiger partial charge is 0.481 e. The molecule has 2 unspecified atom stereocenters. The minimum absolute atomic E-state index is 0.00206. The summed E-state index contributed by atoms with van der Waals surface area (Å²) in [6.45, 7) is 7.24. The van der Waals surface area contributed by atoms with Crippen LogP contribution >= 0.6 is 0 Å². The molecule has 2 saturated heterocycles. The molecule has 6 heteroatoms. The van der Waals surface area contributed by atoms with Crippen LogP contribution in [0.25, 0.3) is 0 Å². The maximum Gasteiger partial charge on any atom is 0.320 e. The third-order valence-electron chi connectivity index (χ3n) is 4.56. The molecule has 0 aromatic carbocycles. The van der Waals surface area contributed by atoms with Crippen molar-refractivity contribution >= 4 is 12.0 Å². The van der Waals surface area contributed by atoms with E-state index in [9.17, 15) is 14.7 Å². The predicted octanol–water partition coefficient (Wildman–Crippen LogP) is 0.929. The third-order valence-corrected chi connectivity index (χ3v) is 4.56. The number of piperidine rings is 1. The normalized spacial score (nSPS) is 32.2. The van der Waals surface area contributed by atoms with Gasteiger partial charge in [-0.2, -0.15) is 0 Å². The van der Waals surface area contributed by atoms with E-state index in [4.69, 9.17) is 0 Å². The molecule has 6 nitrogen and oxygen atoms in total. The molecule has 0 radical (unpaired) electrons. The van der Waals surface area contributed by atoms with Crippen LogP contribution < -0.4 is 0 Å². The summed E-state index contributed by atoms with van der Waals surface area (Å²) in [6, 6.07) is 0.178. The number of carboxylic acids is 1. The van der Waals surface area contributed by atoms with E-state index < -0.39 is 11.4 Å². The summed E-state index contributed by atoms with van der Waals surface area (Å²) < 4.78 is 0. The Morgan fingerprint density at radius 3 is 2.55 bits per heavy atom. The molecule has 0 aromatic rings. The lowest BCUT2D eigenvalue weighted by atomic mass is 9.82. The minimum atomic E-state index is -0.804. The van der Waals surface area contributed by atoms with Crippen LogP contribution in [0, 0.1) is 5.41 Å². The topological polar surface area (TPSA) is 64.1 Å². The molecule has 2 aliphatic rings. The number of aliphatic carboxylic acids is 1. The second kappa shape index (κ2) is 5.60. The van der Waals surface area contributed by atoms with Gasteiger partial charge in [-0.25, -0.2) is 4.79 Å². The first-order valence-electron chi connectivity index (χ1n) is 7.31. The highest BCUT2D eigenvalue weighted by Gasteiger charge is 2.41. The van der Waals surface area contributed by atoms with E-state index in [1.807, 2.05) is 11.8 Å². The van der Waals surface area contributed by atoms with Gasteiger partial charge in [-0.15, -0.1) is 0 Å². The van der Waals surface area contributed by atoms with E-state index >= 15 is 0 Å². The van der Waals surface area contributed by atoms with Crippen LogP contribution in [0.4, 0.5) is 4.79 Å². The molecule has 0 saturated carbocycles. The Morgan fingerprint density at radius 1 is 1.25 bits per heavy atom. The van der Waals surface area contributed by atoms with Crippen LogP contribution in [0.15, 0.2) is 0 Å². The van der Waals surface area contributed by atoms with Crippen molar-refractivity contribution in [2.45, 2.75) is 32.7 Å². The number of piperazine rings is 1. The number of likely N-dealkylation sites (tertiary alicyclic amines) is 1. The summed E-state index contributed by atoms with van der Waals surface area (Å²) in [5, 5.41) is 9.34. The van der Waals surface area contributed by atoms with E-state index in [0.717, 1.165) is 26.1 Å². The van der Waals surface area contributed by atoms with Gasteiger partial charge in [-0.05, 0) is 33.7 Å². The molecule has 20 heavy (non-hydrogen) atoms. The third kappa shape index (κ3) is 2.90. The van der Waals surface area contributed by atoms with Crippen molar-refractivity contribution < 1.29 is 14.7 Å². The van der Waals surface area contributed by atoms with Gasteiger partial charge in [0.2, 0.25) is 0 Å². The van der Waals surface area contributed by atoms with Gasteiger partial charge in [0.05, 0.1) is 5.41 Å². The highest BCUT2D eigenvalue weighted by molar-refractivity contribution is 5.78. The molecule has 2 heterocycles. The molecule has 1 N–H and O–H groups in total. The second-order valence-electron chi connectivity index (χ2n) is 6.48. The Labute approximate surface area is 120 Å². The van der Waals surface area contributed by atoms with Crippen molar-refractivity contribution in [1.29, 1.82) is 0 Å². The molecular weight excluding hydrogens is 258 g/mol. The smallest absolute Gasteiger partial charge is 0.320 e. The lowest BCUT2D eigenvalue weighted by Crippen LogP contribution is -2.59. The Hall–Kier alpha value is -1.30. The van der Waals surface area contributed by atoms with Crippen LogP contribution in [-0.4, -0.2) is 77.6 Å². The average Bonchev–Trinajstić information content (AvgIpc) is 2.38. The number of hydrogen-bond donors (Lipinski definition) is 1. The first kappa shape index (κ1) is 15.1. The van der Waals surface area contributed by atoms with Crippen LogP contribution in [0.3, 0.4) is 0 Å². The van der Waals surface area contributed by atoms with Gasteiger partial charge in [0.1, 0.15) is 0 Å². The lowest BCUT2D eigenvalue weighted by molar-refractivity contribution is -0.150. The maximum atomic E-state index is 12.6. The van der Waals surface area contributed by atoms with Crippen LogP contribution in [0.2, 0.25) is 0 Å².